The van der Waals surface area contributed by atoms with Crippen LogP contribution in [0.4, 0.5) is 10.5 Å². The predicted octanol–water partition coefficient (Wildman–Crippen LogP) is 2.91. The zero-order valence-corrected chi connectivity index (χ0v) is 17.0. The van der Waals surface area contributed by atoms with Crippen molar-refractivity contribution in [2.24, 2.45) is 5.41 Å². The fourth-order valence-electron chi connectivity index (χ4n) is 4.54. The molecule has 2 saturated heterocycles. The van der Waals surface area contributed by atoms with Crippen LogP contribution in [0.25, 0.3) is 0 Å². The predicted molar refractivity (Wildman–Crippen MR) is 112 cm³/mol. The molecule has 0 atom stereocenters. The third kappa shape index (κ3) is 4.28. The molecule has 2 aliphatic heterocycles. The van der Waals surface area contributed by atoms with Crippen molar-refractivity contribution in [2.75, 3.05) is 38.1 Å². The molecule has 0 aliphatic carbocycles. The van der Waals surface area contributed by atoms with Crippen molar-refractivity contribution < 1.29 is 9.59 Å². The van der Waals surface area contributed by atoms with Gasteiger partial charge in [-0.05, 0) is 36.8 Å². The molecule has 1 spiro atoms. The van der Waals surface area contributed by atoms with Gasteiger partial charge in [0.2, 0.25) is 5.91 Å². The minimum Gasteiger partial charge on any atom is -0.348 e. The maximum absolute atomic E-state index is 12.9. The number of rotatable bonds is 4. The molecular formula is C22H29N5O2. The van der Waals surface area contributed by atoms with Crippen molar-refractivity contribution in [1.29, 1.82) is 0 Å². The molecule has 1 N–H and O–H groups in total. The molecule has 1 aromatic heterocycles. The summed E-state index contributed by atoms with van der Waals surface area (Å²) >= 11 is 0. The highest BCUT2D eigenvalue weighted by Gasteiger charge is 2.42. The molecule has 3 heterocycles. The summed E-state index contributed by atoms with van der Waals surface area (Å²) in [6, 6.07) is 9.80. The number of aromatic amines is 1. The molecular weight excluding hydrogens is 366 g/mol. The minimum absolute atomic E-state index is 0.0500. The number of imidazole rings is 1. The van der Waals surface area contributed by atoms with Gasteiger partial charge >= 0.3 is 6.03 Å². The summed E-state index contributed by atoms with van der Waals surface area (Å²) in [7, 11) is 1.83. The van der Waals surface area contributed by atoms with Crippen LogP contribution in [0.2, 0.25) is 0 Å². The second-order valence-corrected chi connectivity index (χ2v) is 8.31. The Kier molecular flexibility index (Phi) is 5.56. The Morgan fingerprint density at radius 3 is 2.66 bits per heavy atom. The van der Waals surface area contributed by atoms with Crippen LogP contribution < -0.4 is 4.90 Å². The Hall–Kier alpha value is -2.83. The molecule has 3 amide bonds. The average molecular weight is 396 g/mol. The summed E-state index contributed by atoms with van der Waals surface area (Å²) in [5.41, 5.74) is 2.11. The third-order valence-corrected chi connectivity index (χ3v) is 6.48. The maximum atomic E-state index is 12.9. The van der Waals surface area contributed by atoms with E-state index in [4.69, 9.17) is 0 Å². The lowest BCUT2D eigenvalue weighted by molar-refractivity contribution is -0.138. The summed E-state index contributed by atoms with van der Waals surface area (Å²) in [6.45, 7) is 3.02. The van der Waals surface area contributed by atoms with E-state index >= 15 is 0 Å². The van der Waals surface area contributed by atoms with E-state index in [9.17, 15) is 9.59 Å². The molecule has 154 valence electrons. The van der Waals surface area contributed by atoms with Crippen molar-refractivity contribution in [3.8, 4) is 0 Å². The molecule has 1 aromatic carbocycles. The molecule has 0 bridgehead atoms. The number of hydrogen-bond donors (Lipinski definition) is 1. The highest BCUT2D eigenvalue weighted by molar-refractivity contribution is 5.91. The van der Waals surface area contributed by atoms with Crippen LogP contribution >= 0.6 is 0 Å². The molecule has 0 radical (unpaired) electrons. The number of piperidine rings is 2. The van der Waals surface area contributed by atoms with Crippen molar-refractivity contribution in [3.63, 3.8) is 0 Å². The van der Waals surface area contributed by atoms with Gasteiger partial charge in [0.1, 0.15) is 0 Å². The Bertz CT molecular complexity index is 828. The topological polar surface area (TPSA) is 72.5 Å². The van der Waals surface area contributed by atoms with Gasteiger partial charge in [-0.3, -0.25) is 9.69 Å². The summed E-state index contributed by atoms with van der Waals surface area (Å²) in [4.78, 5) is 38.2. The molecule has 2 aromatic rings. The number of nitrogens with zero attached hydrogens (tertiary/aromatic N) is 4. The third-order valence-electron chi connectivity index (χ3n) is 6.48. The van der Waals surface area contributed by atoms with Crippen LogP contribution in [-0.4, -0.2) is 64.9 Å². The van der Waals surface area contributed by atoms with Crippen LogP contribution in [0.15, 0.2) is 42.9 Å². The van der Waals surface area contributed by atoms with Crippen molar-refractivity contribution in [1.82, 2.24) is 19.8 Å². The van der Waals surface area contributed by atoms with Gasteiger partial charge in [-0.1, -0.05) is 18.2 Å². The molecule has 0 saturated carbocycles. The quantitative estimate of drug-likeness (QED) is 0.865. The van der Waals surface area contributed by atoms with Crippen molar-refractivity contribution in [3.05, 3.63) is 48.5 Å². The largest absolute Gasteiger partial charge is 0.348 e. The first kappa shape index (κ1) is 19.5. The van der Waals surface area contributed by atoms with E-state index in [1.807, 2.05) is 53.4 Å². The Morgan fingerprint density at radius 1 is 1.21 bits per heavy atom. The zero-order valence-electron chi connectivity index (χ0n) is 17.0. The molecule has 7 heteroatoms. The summed E-state index contributed by atoms with van der Waals surface area (Å²) < 4.78 is 0. The second kappa shape index (κ2) is 8.27. The Morgan fingerprint density at radius 2 is 1.97 bits per heavy atom. The van der Waals surface area contributed by atoms with E-state index < -0.39 is 0 Å². The molecule has 0 unspecified atom stereocenters. The number of urea groups is 1. The fourth-order valence-corrected chi connectivity index (χ4v) is 4.54. The minimum atomic E-state index is 0.0500. The lowest BCUT2D eigenvalue weighted by atomic mass is 9.72. The number of anilines is 1. The van der Waals surface area contributed by atoms with Gasteiger partial charge in [-0.15, -0.1) is 0 Å². The first-order valence-electron chi connectivity index (χ1n) is 10.4. The number of aromatic nitrogens is 2. The van der Waals surface area contributed by atoms with Crippen LogP contribution in [0.5, 0.6) is 0 Å². The van der Waals surface area contributed by atoms with Gasteiger partial charge < -0.3 is 14.8 Å². The summed E-state index contributed by atoms with van der Waals surface area (Å²) in [5.74, 6) is 0.248. The first-order chi connectivity index (χ1) is 14.1. The van der Waals surface area contributed by atoms with Crippen LogP contribution in [0, 0.1) is 5.41 Å². The summed E-state index contributed by atoms with van der Waals surface area (Å²) in [6.07, 6.45) is 7.74. The first-order valence-corrected chi connectivity index (χ1v) is 10.4. The molecule has 2 fully saturated rings. The second-order valence-electron chi connectivity index (χ2n) is 8.31. The Balaban J connectivity index is 1.34. The normalized spacial score (nSPS) is 18.9. The molecule has 29 heavy (non-hydrogen) atoms. The van der Waals surface area contributed by atoms with Crippen molar-refractivity contribution >= 4 is 17.6 Å². The lowest BCUT2D eigenvalue weighted by Gasteiger charge is -2.47. The maximum Gasteiger partial charge on any atom is 0.324 e. The molecule has 4 rings (SSSR count). The number of likely N-dealkylation sites (tertiary alicyclic amines) is 2. The summed E-state index contributed by atoms with van der Waals surface area (Å²) in [5, 5.41) is 0. The monoisotopic (exact) mass is 395 g/mol. The average Bonchev–Trinajstić information content (AvgIpc) is 3.28. The van der Waals surface area contributed by atoms with Gasteiger partial charge in [0.05, 0.1) is 6.33 Å². The van der Waals surface area contributed by atoms with Gasteiger partial charge in [-0.25, -0.2) is 9.78 Å². The fraction of sp³-hybridized carbons (Fsp3) is 0.500. The van der Waals surface area contributed by atoms with Crippen molar-refractivity contribution in [2.45, 2.75) is 32.1 Å². The Labute approximate surface area is 171 Å². The van der Waals surface area contributed by atoms with E-state index in [1.54, 1.807) is 11.2 Å². The van der Waals surface area contributed by atoms with E-state index in [1.165, 1.54) is 0 Å². The highest BCUT2D eigenvalue weighted by Crippen LogP contribution is 2.40. The molecule has 7 nitrogen and oxygen atoms in total. The zero-order chi connectivity index (χ0) is 20.3. The highest BCUT2D eigenvalue weighted by atomic mass is 16.2. The van der Waals surface area contributed by atoms with Gasteiger partial charge in [0.15, 0.2) is 0 Å². The van der Waals surface area contributed by atoms with Crippen LogP contribution in [0.3, 0.4) is 0 Å². The lowest BCUT2D eigenvalue weighted by Crippen LogP contribution is -2.54. The van der Waals surface area contributed by atoms with E-state index in [2.05, 4.69) is 9.97 Å². The van der Waals surface area contributed by atoms with Crippen LogP contribution in [0.1, 0.15) is 31.4 Å². The van der Waals surface area contributed by atoms with E-state index in [-0.39, 0.29) is 17.4 Å². The van der Waals surface area contributed by atoms with E-state index in [0.717, 1.165) is 63.2 Å². The van der Waals surface area contributed by atoms with Gasteiger partial charge in [0, 0.05) is 63.6 Å². The van der Waals surface area contributed by atoms with Gasteiger partial charge in [0.25, 0.3) is 0 Å². The number of amides is 3. The number of H-pyrrole nitrogens is 1. The number of para-hydroxylation sites is 1. The van der Waals surface area contributed by atoms with Gasteiger partial charge in [-0.2, -0.15) is 0 Å². The SMILES string of the molecule is CN(C(=O)N1CCC2(CCC(=O)N(CCc3cnc[nH]3)C2)CC1)c1ccccc1. The smallest absolute Gasteiger partial charge is 0.324 e. The van der Waals surface area contributed by atoms with E-state index in [0.29, 0.717) is 6.42 Å². The molecule has 2 aliphatic rings. The standard InChI is InChI=1S/C22H29N5O2/c1-25(19-5-3-2-4-6-19)21(29)26-13-10-22(11-14-26)9-7-20(28)27(16-22)12-8-18-15-23-17-24-18/h2-6,15,17H,7-14,16H2,1H3,(H,23,24). The number of carbonyl (C=O) groups is 2. The van der Waals surface area contributed by atoms with Crippen LogP contribution in [-0.2, 0) is 11.2 Å². The number of benzene rings is 1. The number of hydrogen-bond acceptors (Lipinski definition) is 3. The number of nitrogens with one attached hydrogen (secondary N) is 1. The number of carbonyl (C=O) groups excluding carboxylic acids is 2.